The fraction of sp³-hybridized carbons (Fsp3) is 0.154. The molecule has 0 N–H and O–H groups in total. The van der Waals surface area contributed by atoms with Gasteiger partial charge >= 0.3 is 0 Å². The molecule has 0 atom stereocenters. The molecule has 1 aliphatic rings. The highest BCUT2D eigenvalue weighted by Gasteiger charge is 2.16. The van der Waals surface area contributed by atoms with Crippen LogP contribution in [0.5, 0.6) is 0 Å². The number of hydrogen-bond donors (Lipinski definition) is 0. The van der Waals surface area contributed by atoms with E-state index in [9.17, 15) is 0 Å². The fourth-order valence-electron chi connectivity index (χ4n) is 4.40. The van der Waals surface area contributed by atoms with Crippen molar-refractivity contribution >= 4 is 17.0 Å². The van der Waals surface area contributed by atoms with Gasteiger partial charge in [-0.25, -0.2) is 0 Å². The maximum absolute atomic E-state index is 2.37. The van der Waals surface area contributed by atoms with E-state index >= 15 is 0 Å². The summed E-state index contributed by atoms with van der Waals surface area (Å²) in [5, 5.41) is 1.38. The van der Waals surface area contributed by atoms with Crippen molar-refractivity contribution in [1.82, 2.24) is 4.57 Å². The van der Waals surface area contributed by atoms with Gasteiger partial charge in [-0.3, -0.25) is 0 Å². The zero-order valence-electron chi connectivity index (χ0n) is 16.1. The molecule has 0 bridgehead atoms. The third kappa shape index (κ3) is 2.46. The molecule has 0 radical (unpaired) electrons. The third-order valence-electron chi connectivity index (χ3n) is 5.96. The number of hydrogen-bond acceptors (Lipinski definition) is 0. The van der Waals surface area contributed by atoms with Crippen molar-refractivity contribution in [3.8, 4) is 22.3 Å². The Morgan fingerprint density at radius 2 is 1.52 bits per heavy atom. The lowest BCUT2D eigenvalue weighted by molar-refractivity contribution is 0.951. The molecule has 0 fully saturated rings. The second-order valence-corrected chi connectivity index (χ2v) is 7.61. The average molecular weight is 349 g/mol. The van der Waals surface area contributed by atoms with Gasteiger partial charge in [-0.1, -0.05) is 48.5 Å². The predicted octanol–water partition coefficient (Wildman–Crippen LogP) is 6.70. The standard InChI is InChI=1S/C26H23N/c1-17-7-4-5-8-21(17)23-15-19(12-11-18(23)2)20-13-14-26-24(16-20)22-9-6-10-25(22)27(26)3/h4-8,10-16H,9H2,1-3H3. The SMILES string of the molecule is Cc1ccccc1-c1cc(-c2ccc3c(c2)c2c(n3C)C=CC2)ccc1C. The molecule has 1 aliphatic carbocycles. The number of nitrogens with zero attached hydrogens (tertiary/aromatic N) is 1. The molecule has 0 spiro atoms. The molecule has 132 valence electrons. The minimum Gasteiger partial charge on any atom is -0.344 e. The third-order valence-corrected chi connectivity index (χ3v) is 5.96. The smallest absolute Gasteiger partial charge is 0.0485 e. The van der Waals surface area contributed by atoms with E-state index in [0.29, 0.717) is 0 Å². The first-order valence-corrected chi connectivity index (χ1v) is 9.58. The molecule has 0 unspecified atom stereocenters. The monoisotopic (exact) mass is 349 g/mol. The molecule has 1 heterocycles. The Bertz CT molecular complexity index is 1220. The molecule has 0 saturated carbocycles. The molecule has 1 aromatic heterocycles. The van der Waals surface area contributed by atoms with Gasteiger partial charge < -0.3 is 4.57 Å². The highest BCUT2D eigenvalue weighted by molar-refractivity contribution is 5.93. The number of allylic oxidation sites excluding steroid dienone is 1. The van der Waals surface area contributed by atoms with E-state index in [-0.39, 0.29) is 0 Å². The molecular formula is C26H23N. The Labute approximate surface area is 160 Å². The van der Waals surface area contributed by atoms with Gasteiger partial charge in [0.25, 0.3) is 0 Å². The second-order valence-electron chi connectivity index (χ2n) is 7.61. The first-order chi connectivity index (χ1) is 13.1. The van der Waals surface area contributed by atoms with Crippen LogP contribution in [0.1, 0.15) is 22.4 Å². The van der Waals surface area contributed by atoms with Crippen LogP contribution in [0.25, 0.3) is 39.2 Å². The fourth-order valence-corrected chi connectivity index (χ4v) is 4.40. The Hall–Kier alpha value is -3.06. The van der Waals surface area contributed by atoms with Crippen molar-refractivity contribution in [1.29, 1.82) is 0 Å². The van der Waals surface area contributed by atoms with Crippen LogP contribution in [-0.2, 0) is 13.5 Å². The van der Waals surface area contributed by atoms with Crippen LogP contribution in [0, 0.1) is 13.8 Å². The second kappa shape index (κ2) is 5.99. The van der Waals surface area contributed by atoms with E-state index in [4.69, 9.17) is 0 Å². The normalized spacial score (nSPS) is 12.7. The highest BCUT2D eigenvalue weighted by Crippen LogP contribution is 2.36. The summed E-state index contributed by atoms with van der Waals surface area (Å²) in [6.45, 7) is 4.39. The predicted molar refractivity (Wildman–Crippen MR) is 116 cm³/mol. The maximum atomic E-state index is 2.37. The van der Waals surface area contributed by atoms with Crippen molar-refractivity contribution < 1.29 is 0 Å². The molecule has 1 heteroatoms. The number of fused-ring (bicyclic) bond motifs is 3. The average Bonchev–Trinajstić information content (AvgIpc) is 3.26. The molecule has 27 heavy (non-hydrogen) atoms. The van der Waals surface area contributed by atoms with Crippen molar-refractivity contribution in [2.45, 2.75) is 20.3 Å². The number of benzene rings is 3. The number of aryl methyl sites for hydroxylation is 3. The lowest BCUT2D eigenvalue weighted by atomic mass is 9.92. The quantitative estimate of drug-likeness (QED) is 0.379. The first-order valence-electron chi connectivity index (χ1n) is 9.58. The molecule has 0 amide bonds. The Morgan fingerprint density at radius 3 is 2.37 bits per heavy atom. The van der Waals surface area contributed by atoms with Gasteiger partial charge in [0.15, 0.2) is 0 Å². The highest BCUT2D eigenvalue weighted by atomic mass is 14.9. The van der Waals surface area contributed by atoms with Crippen LogP contribution >= 0.6 is 0 Å². The number of aromatic nitrogens is 1. The minimum atomic E-state index is 1.04. The van der Waals surface area contributed by atoms with E-state index < -0.39 is 0 Å². The summed E-state index contributed by atoms with van der Waals surface area (Å²) in [6.07, 6.45) is 5.55. The zero-order valence-corrected chi connectivity index (χ0v) is 16.1. The molecule has 0 aliphatic heterocycles. The molecule has 1 nitrogen and oxygen atoms in total. The Kier molecular flexibility index (Phi) is 3.58. The Balaban J connectivity index is 1.68. The molecular weight excluding hydrogens is 326 g/mol. The number of rotatable bonds is 2. The van der Waals surface area contributed by atoms with Gasteiger partial charge in [-0.15, -0.1) is 0 Å². The minimum absolute atomic E-state index is 1.04. The van der Waals surface area contributed by atoms with E-state index in [2.05, 4.69) is 98.3 Å². The molecule has 4 aromatic rings. The summed E-state index contributed by atoms with van der Waals surface area (Å²) in [5.41, 5.74) is 12.0. The van der Waals surface area contributed by atoms with Crippen LogP contribution in [0.3, 0.4) is 0 Å². The molecule has 3 aromatic carbocycles. The van der Waals surface area contributed by atoms with Crippen LogP contribution in [-0.4, -0.2) is 4.57 Å². The maximum Gasteiger partial charge on any atom is 0.0485 e. The van der Waals surface area contributed by atoms with Gasteiger partial charge in [-0.2, -0.15) is 0 Å². The summed E-state index contributed by atoms with van der Waals surface area (Å²) in [6, 6.07) is 22.4. The van der Waals surface area contributed by atoms with Crippen LogP contribution in [0.2, 0.25) is 0 Å². The van der Waals surface area contributed by atoms with Crippen LogP contribution in [0.15, 0.2) is 66.7 Å². The summed E-state index contributed by atoms with van der Waals surface area (Å²) in [5.74, 6) is 0. The zero-order chi connectivity index (χ0) is 18.5. The van der Waals surface area contributed by atoms with E-state index in [1.54, 1.807) is 0 Å². The lowest BCUT2D eigenvalue weighted by Crippen LogP contribution is -1.90. The summed E-state index contributed by atoms with van der Waals surface area (Å²) >= 11 is 0. The summed E-state index contributed by atoms with van der Waals surface area (Å²) in [4.78, 5) is 0. The van der Waals surface area contributed by atoms with Gasteiger partial charge in [0.2, 0.25) is 0 Å². The lowest BCUT2D eigenvalue weighted by Gasteiger charge is -2.12. The van der Waals surface area contributed by atoms with Crippen molar-refractivity contribution in [3.63, 3.8) is 0 Å². The van der Waals surface area contributed by atoms with Crippen molar-refractivity contribution in [3.05, 3.63) is 89.1 Å². The summed E-state index contributed by atoms with van der Waals surface area (Å²) < 4.78 is 2.31. The van der Waals surface area contributed by atoms with Gasteiger partial charge in [0.05, 0.1) is 0 Å². The van der Waals surface area contributed by atoms with Gasteiger partial charge in [0, 0.05) is 23.6 Å². The largest absolute Gasteiger partial charge is 0.344 e. The molecule has 5 rings (SSSR count). The molecule has 0 saturated heterocycles. The first kappa shape index (κ1) is 16.1. The Morgan fingerprint density at radius 1 is 0.778 bits per heavy atom. The van der Waals surface area contributed by atoms with Gasteiger partial charge in [0.1, 0.15) is 0 Å². The van der Waals surface area contributed by atoms with E-state index in [1.165, 1.54) is 55.5 Å². The van der Waals surface area contributed by atoms with Crippen LogP contribution < -0.4 is 0 Å². The topological polar surface area (TPSA) is 4.93 Å². The van der Waals surface area contributed by atoms with Gasteiger partial charge in [-0.05, 0) is 83.5 Å². The van der Waals surface area contributed by atoms with Crippen molar-refractivity contribution in [2.24, 2.45) is 7.05 Å². The van der Waals surface area contributed by atoms with Crippen molar-refractivity contribution in [2.75, 3.05) is 0 Å². The van der Waals surface area contributed by atoms with E-state index in [1.807, 2.05) is 0 Å². The summed E-state index contributed by atoms with van der Waals surface area (Å²) in [7, 11) is 2.17. The van der Waals surface area contributed by atoms with Crippen LogP contribution in [0.4, 0.5) is 0 Å². The van der Waals surface area contributed by atoms with E-state index in [0.717, 1.165) is 6.42 Å².